The fraction of sp³-hybridized carbons (Fsp3) is 0. The molecule has 0 fully saturated rings. The minimum absolute atomic E-state index is 0.291. The molecule has 0 aliphatic heterocycles. The predicted molar refractivity (Wildman–Crippen MR) is 67.0 cm³/mol. The van der Waals surface area contributed by atoms with Gasteiger partial charge in [0.1, 0.15) is 17.8 Å². The van der Waals surface area contributed by atoms with E-state index in [2.05, 4.69) is 30.9 Å². The van der Waals surface area contributed by atoms with E-state index in [1.807, 2.05) is 0 Å². The first-order valence-corrected chi connectivity index (χ1v) is 5.79. The first-order chi connectivity index (χ1) is 8.27. The van der Waals surface area contributed by atoms with Crippen molar-refractivity contribution >= 4 is 27.0 Å². The van der Waals surface area contributed by atoms with Crippen LogP contribution in [-0.4, -0.2) is 15.0 Å². The normalized spacial score (nSPS) is 10.9. The zero-order chi connectivity index (χ0) is 11.8. The highest BCUT2D eigenvalue weighted by atomic mass is 79.9. The van der Waals surface area contributed by atoms with Gasteiger partial charge in [-0.05, 0) is 28.1 Å². The molecule has 17 heavy (non-hydrogen) atoms. The summed E-state index contributed by atoms with van der Waals surface area (Å²) in [5.41, 5.74) is 1.74. The maximum atomic E-state index is 13.8. The van der Waals surface area contributed by atoms with Crippen LogP contribution in [0.3, 0.4) is 0 Å². The Morgan fingerprint density at radius 1 is 1.18 bits per heavy atom. The van der Waals surface area contributed by atoms with E-state index < -0.39 is 0 Å². The SMILES string of the molecule is Fc1ccccc1-c1ncnc2[nH]cc(Br)c12. The molecule has 0 saturated carbocycles. The smallest absolute Gasteiger partial charge is 0.142 e. The number of hydrogen-bond donors (Lipinski definition) is 1. The highest BCUT2D eigenvalue weighted by Crippen LogP contribution is 2.32. The van der Waals surface area contributed by atoms with Crippen molar-refractivity contribution < 1.29 is 4.39 Å². The van der Waals surface area contributed by atoms with Gasteiger partial charge in [0.2, 0.25) is 0 Å². The van der Waals surface area contributed by atoms with E-state index in [0.29, 0.717) is 16.9 Å². The number of halogens is 2. The van der Waals surface area contributed by atoms with Crippen LogP contribution >= 0.6 is 15.9 Å². The molecule has 3 aromatic rings. The third-order valence-corrected chi connectivity index (χ3v) is 3.18. The lowest BCUT2D eigenvalue weighted by molar-refractivity contribution is 0.631. The van der Waals surface area contributed by atoms with Crippen LogP contribution in [0.25, 0.3) is 22.3 Å². The Bertz CT molecular complexity index is 693. The van der Waals surface area contributed by atoms with Crippen LogP contribution in [0.2, 0.25) is 0 Å². The van der Waals surface area contributed by atoms with Crippen LogP contribution in [0.5, 0.6) is 0 Å². The van der Waals surface area contributed by atoms with Crippen LogP contribution in [-0.2, 0) is 0 Å². The van der Waals surface area contributed by atoms with Gasteiger partial charge in [0.15, 0.2) is 0 Å². The Hall–Kier alpha value is -1.75. The third kappa shape index (κ3) is 1.63. The van der Waals surface area contributed by atoms with Crippen molar-refractivity contribution in [2.45, 2.75) is 0 Å². The molecule has 0 aliphatic carbocycles. The summed E-state index contributed by atoms with van der Waals surface area (Å²) >= 11 is 3.41. The monoisotopic (exact) mass is 291 g/mol. The lowest BCUT2D eigenvalue weighted by atomic mass is 10.1. The minimum atomic E-state index is -0.291. The van der Waals surface area contributed by atoms with E-state index in [1.54, 1.807) is 24.4 Å². The average Bonchev–Trinajstić information content (AvgIpc) is 2.72. The number of fused-ring (bicyclic) bond motifs is 1. The molecule has 0 aliphatic rings. The zero-order valence-corrected chi connectivity index (χ0v) is 10.2. The quantitative estimate of drug-likeness (QED) is 0.745. The van der Waals surface area contributed by atoms with Crippen molar-refractivity contribution in [3.63, 3.8) is 0 Å². The minimum Gasteiger partial charge on any atom is -0.345 e. The molecule has 3 nitrogen and oxygen atoms in total. The highest BCUT2D eigenvalue weighted by Gasteiger charge is 2.13. The van der Waals surface area contributed by atoms with E-state index in [-0.39, 0.29) is 5.82 Å². The Kier molecular flexibility index (Phi) is 2.40. The van der Waals surface area contributed by atoms with Gasteiger partial charge in [-0.3, -0.25) is 0 Å². The standard InChI is InChI=1S/C12H7BrFN3/c13-8-5-15-12-10(8)11(16-6-17-12)7-3-1-2-4-9(7)14/h1-6H,(H,15,16,17). The molecular formula is C12H7BrFN3. The van der Waals surface area contributed by atoms with Gasteiger partial charge >= 0.3 is 0 Å². The number of rotatable bonds is 1. The van der Waals surface area contributed by atoms with Crippen LogP contribution in [0.4, 0.5) is 4.39 Å². The van der Waals surface area contributed by atoms with Crippen LogP contribution in [0, 0.1) is 5.82 Å². The van der Waals surface area contributed by atoms with Gasteiger partial charge in [-0.25, -0.2) is 14.4 Å². The fourth-order valence-corrected chi connectivity index (χ4v) is 2.27. The molecule has 5 heteroatoms. The molecule has 0 spiro atoms. The first kappa shape index (κ1) is 10.4. The van der Waals surface area contributed by atoms with E-state index in [0.717, 1.165) is 9.86 Å². The molecule has 1 N–H and O–H groups in total. The Morgan fingerprint density at radius 2 is 2.00 bits per heavy atom. The second kappa shape index (κ2) is 3.92. The molecule has 1 aromatic carbocycles. The van der Waals surface area contributed by atoms with Gasteiger partial charge in [0.05, 0.1) is 11.1 Å². The van der Waals surface area contributed by atoms with Gasteiger partial charge in [-0.15, -0.1) is 0 Å². The predicted octanol–water partition coefficient (Wildman–Crippen LogP) is 3.53. The summed E-state index contributed by atoms with van der Waals surface area (Å²) < 4.78 is 14.6. The van der Waals surface area contributed by atoms with Crippen molar-refractivity contribution in [3.05, 3.63) is 47.1 Å². The molecular weight excluding hydrogens is 285 g/mol. The molecule has 0 saturated heterocycles. The second-order valence-corrected chi connectivity index (χ2v) is 4.42. The maximum Gasteiger partial charge on any atom is 0.142 e. The summed E-state index contributed by atoms with van der Waals surface area (Å²) in [6, 6.07) is 6.57. The molecule has 2 aromatic heterocycles. The molecule has 0 radical (unpaired) electrons. The largest absolute Gasteiger partial charge is 0.345 e. The zero-order valence-electron chi connectivity index (χ0n) is 8.61. The summed E-state index contributed by atoms with van der Waals surface area (Å²) in [5.74, 6) is -0.291. The van der Waals surface area contributed by atoms with E-state index >= 15 is 0 Å². The molecule has 84 valence electrons. The van der Waals surface area contributed by atoms with Gasteiger partial charge in [0.25, 0.3) is 0 Å². The van der Waals surface area contributed by atoms with Crippen molar-refractivity contribution in [2.24, 2.45) is 0 Å². The van der Waals surface area contributed by atoms with Gasteiger partial charge in [0, 0.05) is 16.2 Å². The number of hydrogen-bond acceptors (Lipinski definition) is 2. The highest BCUT2D eigenvalue weighted by molar-refractivity contribution is 9.10. The van der Waals surface area contributed by atoms with Crippen LogP contribution in [0.1, 0.15) is 0 Å². The lowest BCUT2D eigenvalue weighted by Gasteiger charge is -2.03. The van der Waals surface area contributed by atoms with E-state index in [1.165, 1.54) is 12.4 Å². The molecule has 2 heterocycles. The fourth-order valence-electron chi connectivity index (χ4n) is 1.78. The number of H-pyrrole nitrogens is 1. The van der Waals surface area contributed by atoms with Crippen LogP contribution < -0.4 is 0 Å². The third-order valence-electron chi connectivity index (χ3n) is 2.55. The van der Waals surface area contributed by atoms with Crippen molar-refractivity contribution in [1.29, 1.82) is 0 Å². The van der Waals surface area contributed by atoms with E-state index in [9.17, 15) is 4.39 Å². The summed E-state index contributed by atoms with van der Waals surface area (Å²) in [6.07, 6.45) is 3.19. The molecule has 3 rings (SSSR count). The number of aromatic amines is 1. The Balaban J connectivity index is 2.38. The Morgan fingerprint density at radius 3 is 2.82 bits per heavy atom. The topological polar surface area (TPSA) is 41.6 Å². The van der Waals surface area contributed by atoms with Gasteiger partial charge < -0.3 is 4.98 Å². The van der Waals surface area contributed by atoms with Crippen molar-refractivity contribution in [2.75, 3.05) is 0 Å². The first-order valence-electron chi connectivity index (χ1n) is 5.00. The summed E-state index contributed by atoms with van der Waals surface area (Å²) in [5, 5.41) is 0.789. The number of nitrogens with one attached hydrogen (secondary N) is 1. The van der Waals surface area contributed by atoms with Gasteiger partial charge in [-0.1, -0.05) is 12.1 Å². The summed E-state index contributed by atoms with van der Waals surface area (Å²) in [6.45, 7) is 0. The second-order valence-electron chi connectivity index (χ2n) is 3.56. The molecule has 0 unspecified atom stereocenters. The maximum absolute atomic E-state index is 13.8. The van der Waals surface area contributed by atoms with Gasteiger partial charge in [-0.2, -0.15) is 0 Å². The van der Waals surface area contributed by atoms with Crippen LogP contribution in [0.15, 0.2) is 41.3 Å². The number of aromatic nitrogens is 3. The van der Waals surface area contributed by atoms with Crippen molar-refractivity contribution in [3.8, 4) is 11.3 Å². The van der Waals surface area contributed by atoms with Crippen molar-refractivity contribution in [1.82, 2.24) is 15.0 Å². The Labute approximate surface area is 105 Å². The molecule has 0 amide bonds. The summed E-state index contributed by atoms with van der Waals surface area (Å²) in [7, 11) is 0. The number of benzene rings is 1. The molecule has 0 atom stereocenters. The average molecular weight is 292 g/mol. The summed E-state index contributed by atoms with van der Waals surface area (Å²) in [4.78, 5) is 11.3. The number of nitrogens with zero attached hydrogens (tertiary/aromatic N) is 2. The van der Waals surface area contributed by atoms with E-state index in [4.69, 9.17) is 0 Å². The molecule has 0 bridgehead atoms. The lowest BCUT2D eigenvalue weighted by Crippen LogP contribution is -1.90.